The lowest BCUT2D eigenvalue weighted by Crippen LogP contribution is -2.44. The van der Waals surface area contributed by atoms with Gasteiger partial charge in [0.05, 0.1) is 0 Å². The van der Waals surface area contributed by atoms with Crippen LogP contribution in [0.4, 0.5) is 4.79 Å². The number of hydrogen-bond donors (Lipinski definition) is 0. The number of ether oxygens (including phenoxy) is 1. The number of carbonyl (C=O) groups is 2. The van der Waals surface area contributed by atoms with Crippen LogP contribution in [0.3, 0.4) is 0 Å². The van der Waals surface area contributed by atoms with Crippen molar-refractivity contribution in [2.24, 2.45) is 5.92 Å². The fourth-order valence-electron chi connectivity index (χ4n) is 1.87. The Morgan fingerprint density at radius 2 is 2.06 bits per heavy atom. The molecule has 1 heterocycles. The molecular formula is C13H21NO3. The molecule has 1 aliphatic heterocycles. The van der Waals surface area contributed by atoms with Gasteiger partial charge in [-0.05, 0) is 39.7 Å². The lowest BCUT2D eigenvalue weighted by atomic mass is 9.94. The van der Waals surface area contributed by atoms with Gasteiger partial charge in [0, 0.05) is 19.0 Å². The number of piperidine rings is 1. The van der Waals surface area contributed by atoms with Crippen LogP contribution in [0.5, 0.6) is 0 Å². The Bertz CT molecular complexity index is 317. The molecule has 0 bridgehead atoms. The molecule has 0 aromatic carbocycles. The lowest BCUT2D eigenvalue weighted by Gasteiger charge is -2.33. The zero-order valence-corrected chi connectivity index (χ0v) is 10.9. The highest BCUT2D eigenvalue weighted by Crippen LogP contribution is 2.20. The Morgan fingerprint density at radius 3 is 2.59 bits per heavy atom. The molecule has 1 atom stereocenters. The zero-order chi connectivity index (χ0) is 13.1. The molecule has 0 radical (unpaired) electrons. The third-order valence-electron chi connectivity index (χ3n) is 2.68. The largest absolute Gasteiger partial charge is 0.444 e. The van der Waals surface area contributed by atoms with Gasteiger partial charge in [0.15, 0.2) is 5.78 Å². The van der Waals surface area contributed by atoms with E-state index in [0.717, 1.165) is 12.8 Å². The second-order valence-corrected chi connectivity index (χ2v) is 5.37. The molecule has 1 saturated heterocycles. The molecule has 0 aromatic rings. The van der Waals surface area contributed by atoms with Gasteiger partial charge in [0.1, 0.15) is 5.60 Å². The summed E-state index contributed by atoms with van der Waals surface area (Å²) < 4.78 is 5.29. The molecule has 0 saturated carbocycles. The molecule has 0 aliphatic carbocycles. The minimum Gasteiger partial charge on any atom is -0.444 e. The first-order chi connectivity index (χ1) is 7.83. The first-order valence-corrected chi connectivity index (χ1v) is 5.97. The molecule has 4 nitrogen and oxygen atoms in total. The van der Waals surface area contributed by atoms with Gasteiger partial charge in [0.2, 0.25) is 0 Å². The van der Waals surface area contributed by atoms with Crippen LogP contribution in [-0.2, 0) is 9.53 Å². The molecule has 4 heteroatoms. The van der Waals surface area contributed by atoms with E-state index in [4.69, 9.17) is 4.74 Å². The summed E-state index contributed by atoms with van der Waals surface area (Å²) in [6, 6.07) is 0. The molecular weight excluding hydrogens is 218 g/mol. The molecule has 1 unspecified atom stereocenters. The van der Waals surface area contributed by atoms with Gasteiger partial charge in [-0.1, -0.05) is 6.58 Å². The Labute approximate surface area is 103 Å². The first kappa shape index (κ1) is 13.7. The van der Waals surface area contributed by atoms with Crippen LogP contribution in [0.25, 0.3) is 0 Å². The molecule has 1 aliphatic rings. The number of carbonyl (C=O) groups excluding carboxylic acids is 2. The summed E-state index contributed by atoms with van der Waals surface area (Å²) in [6.45, 7) is 10.1. The van der Waals surface area contributed by atoms with Gasteiger partial charge in [-0.25, -0.2) is 4.79 Å². The fraction of sp³-hybridized carbons (Fsp3) is 0.692. The lowest BCUT2D eigenvalue weighted by molar-refractivity contribution is -0.119. The molecule has 1 amide bonds. The topological polar surface area (TPSA) is 46.6 Å². The average molecular weight is 239 g/mol. The second kappa shape index (κ2) is 5.34. The third kappa shape index (κ3) is 4.21. The highest BCUT2D eigenvalue weighted by atomic mass is 16.6. The van der Waals surface area contributed by atoms with Crippen LogP contribution >= 0.6 is 0 Å². The van der Waals surface area contributed by atoms with Gasteiger partial charge in [-0.15, -0.1) is 0 Å². The van der Waals surface area contributed by atoms with E-state index >= 15 is 0 Å². The minimum absolute atomic E-state index is 0.0123. The predicted octanol–water partition coefficient (Wildman–Crippen LogP) is 2.39. The number of ketones is 1. The van der Waals surface area contributed by atoms with Crippen molar-refractivity contribution in [3.63, 3.8) is 0 Å². The van der Waals surface area contributed by atoms with Crippen molar-refractivity contribution in [1.82, 2.24) is 4.90 Å². The monoisotopic (exact) mass is 239 g/mol. The van der Waals surface area contributed by atoms with Crippen molar-refractivity contribution >= 4 is 11.9 Å². The van der Waals surface area contributed by atoms with Crippen LogP contribution in [0.1, 0.15) is 33.6 Å². The van der Waals surface area contributed by atoms with E-state index in [2.05, 4.69) is 6.58 Å². The van der Waals surface area contributed by atoms with E-state index in [1.807, 2.05) is 20.8 Å². The molecule has 0 spiro atoms. The summed E-state index contributed by atoms with van der Waals surface area (Å²) in [7, 11) is 0. The maximum Gasteiger partial charge on any atom is 0.410 e. The number of hydrogen-bond acceptors (Lipinski definition) is 3. The maximum atomic E-state index is 11.8. The second-order valence-electron chi connectivity index (χ2n) is 5.37. The standard InChI is InChI=1S/C13H21NO3/c1-5-11(15)10-7-6-8-14(9-10)12(16)17-13(2,3)4/h5,10H,1,6-9H2,2-4H3. The molecule has 0 N–H and O–H groups in total. The van der Waals surface area contributed by atoms with Gasteiger partial charge < -0.3 is 9.64 Å². The first-order valence-electron chi connectivity index (χ1n) is 5.97. The van der Waals surface area contributed by atoms with E-state index in [-0.39, 0.29) is 17.8 Å². The quantitative estimate of drug-likeness (QED) is 0.695. The smallest absolute Gasteiger partial charge is 0.410 e. The molecule has 1 rings (SSSR count). The normalized spacial score (nSPS) is 20.9. The Morgan fingerprint density at radius 1 is 1.41 bits per heavy atom. The number of rotatable bonds is 2. The Balaban J connectivity index is 2.57. The predicted molar refractivity (Wildman–Crippen MR) is 65.7 cm³/mol. The van der Waals surface area contributed by atoms with Crippen LogP contribution in [0.15, 0.2) is 12.7 Å². The van der Waals surface area contributed by atoms with Crippen LogP contribution in [0.2, 0.25) is 0 Å². The summed E-state index contributed by atoms with van der Waals surface area (Å²) in [4.78, 5) is 25.0. The van der Waals surface area contributed by atoms with Crippen molar-refractivity contribution in [3.05, 3.63) is 12.7 Å². The van der Waals surface area contributed by atoms with Gasteiger partial charge in [0.25, 0.3) is 0 Å². The van der Waals surface area contributed by atoms with E-state index < -0.39 is 5.60 Å². The van der Waals surface area contributed by atoms with Crippen LogP contribution in [-0.4, -0.2) is 35.5 Å². The third-order valence-corrected chi connectivity index (χ3v) is 2.68. The van der Waals surface area contributed by atoms with E-state index in [1.54, 1.807) is 4.90 Å². The van der Waals surface area contributed by atoms with E-state index in [1.165, 1.54) is 6.08 Å². The summed E-state index contributed by atoms with van der Waals surface area (Å²) in [5.74, 6) is -0.105. The van der Waals surface area contributed by atoms with Crippen molar-refractivity contribution < 1.29 is 14.3 Å². The molecule has 0 aromatic heterocycles. The summed E-state index contributed by atoms with van der Waals surface area (Å²) in [6.07, 6.45) is 2.66. The van der Waals surface area contributed by atoms with Crippen molar-refractivity contribution in [2.45, 2.75) is 39.2 Å². The average Bonchev–Trinajstić information content (AvgIpc) is 2.26. The number of nitrogens with zero attached hydrogens (tertiary/aromatic N) is 1. The summed E-state index contributed by atoms with van der Waals surface area (Å²) in [5, 5.41) is 0. The highest BCUT2D eigenvalue weighted by molar-refractivity contribution is 5.91. The number of likely N-dealkylation sites (tertiary alicyclic amines) is 1. The summed E-state index contributed by atoms with van der Waals surface area (Å²) in [5.41, 5.74) is -0.494. The summed E-state index contributed by atoms with van der Waals surface area (Å²) >= 11 is 0. The molecule has 17 heavy (non-hydrogen) atoms. The molecule has 96 valence electrons. The Kier molecular flexibility index (Phi) is 4.32. The van der Waals surface area contributed by atoms with E-state index in [0.29, 0.717) is 13.1 Å². The minimum atomic E-state index is -0.494. The van der Waals surface area contributed by atoms with Crippen molar-refractivity contribution in [2.75, 3.05) is 13.1 Å². The zero-order valence-electron chi connectivity index (χ0n) is 10.9. The fourth-order valence-corrected chi connectivity index (χ4v) is 1.87. The molecule has 1 fully saturated rings. The van der Waals surface area contributed by atoms with Crippen molar-refractivity contribution in [1.29, 1.82) is 0 Å². The van der Waals surface area contributed by atoms with E-state index in [9.17, 15) is 9.59 Å². The van der Waals surface area contributed by atoms with Crippen molar-refractivity contribution in [3.8, 4) is 0 Å². The van der Waals surface area contributed by atoms with Gasteiger partial charge in [-0.3, -0.25) is 4.79 Å². The number of allylic oxidation sites excluding steroid dienone is 1. The Hall–Kier alpha value is -1.32. The van der Waals surface area contributed by atoms with Gasteiger partial charge in [-0.2, -0.15) is 0 Å². The number of amides is 1. The van der Waals surface area contributed by atoms with Crippen LogP contribution < -0.4 is 0 Å². The van der Waals surface area contributed by atoms with Crippen LogP contribution in [0, 0.1) is 5.92 Å². The maximum absolute atomic E-state index is 11.8. The SMILES string of the molecule is C=CC(=O)C1CCCN(C(=O)OC(C)(C)C)C1. The van der Waals surface area contributed by atoms with Gasteiger partial charge >= 0.3 is 6.09 Å². The highest BCUT2D eigenvalue weighted by Gasteiger charge is 2.29.